The molecule has 0 unspecified atom stereocenters. The molecule has 0 saturated carbocycles. The molecule has 4 heterocycles. The highest BCUT2D eigenvalue weighted by atomic mass is 79.9. The Hall–Kier alpha value is -2.57. The van der Waals surface area contributed by atoms with Gasteiger partial charge >= 0.3 is 5.69 Å². The van der Waals surface area contributed by atoms with E-state index >= 15 is 0 Å². The number of halogens is 1. The lowest BCUT2D eigenvalue weighted by atomic mass is 10.1. The number of nitrogens with zero attached hydrogens (tertiary/aromatic N) is 6. The molecule has 2 aromatic heterocycles. The van der Waals surface area contributed by atoms with E-state index < -0.39 is 4.92 Å². The summed E-state index contributed by atoms with van der Waals surface area (Å²) in [6.45, 7) is 5.77. The lowest BCUT2D eigenvalue weighted by Crippen LogP contribution is -2.59. The van der Waals surface area contributed by atoms with Crippen LogP contribution in [-0.4, -0.2) is 69.3 Å². The summed E-state index contributed by atoms with van der Waals surface area (Å²) in [5, 5.41) is 14.6. The number of anilines is 3. The Morgan fingerprint density at radius 1 is 1.37 bits per heavy atom. The van der Waals surface area contributed by atoms with Crippen LogP contribution in [0.5, 0.6) is 0 Å². The first kappa shape index (κ1) is 20.7. The Labute approximate surface area is 180 Å². The molecule has 30 heavy (non-hydrogen) atoms. The van der Waals surface area contributed by atoms with Gasteiger partial charge in [0, 0.05) is 45.0 Å². The standard InChI is InChI=1S/C18H22BrN7O4/c1-11-7-24(13-9-30-10-13)3-4-25(11)17-14(26(28)29)5-12(6-20-17)21-16-18(27)23(2)8-15(19)22-16/h5-6,8,11,13H,3-4,7,9-10H2,1-2H3,(H,21,22)/t11-/m0/s1. The van der Waals surface area contributed by atoms with Gasteiger partial charge in [0.1, 0.15) is 4.60 Å². The number of ether oxygens (including phenoxy) is 1. The van der Waals surface area contributed by atoms with Gasteiger partial charge in [0.05, 0.1) is 36.1 Å². The lowest BCUT2D eigenvalue weighted by molar-refractivity contribution is -0.384. The summed E-state index contributed by atoms with van der Waals surface area (Å²) in [4.78, 5) is 36.4. The molecule has 2 aromatic rings. The maximum atomic E-state index is 12.3. The van der Waals surface area contributed by atoms with Crippen LogP contribution in [-0.2, 0) is 11.8 Å². The van der Waals surface area contributed by atoms with Gasteiger partial charge in [-0.1, -0.05) is 0 Å². The first-order valence-corrected chi connectivity index (χ1v) is 10.4. The van der Waals surface area contributed by atoms with Crippen molar-refractivity contribution < 1.29 is 9.66 Å². The number of hydrogen-bond donors (Lipinski definition) is 1. The number of rotatable bonds is 5. The molecule has 0 aliphatic carbocycles. The number of nitrogens with one attached hydrogen (secondary N) is 1. The number of nitro groups is 1. The van der Waals surface area contributed by atoms with Crippen LogP contribution in [0.3, 0.4) is 0 Å². The fourth-order valence-corrected chi connectivity index (χ4v) is 4.21. The average Bonchev–Trinajstić information content (AvgIpc) is 2.65. The third-order valence-corrected chi connectivity index (χ3v) is 5.80. The minimum absolute atomic E-state index is 0.0559. The summed E-state index contributed by atoms with van der Waals surface area (Å²) in [5.41, 5.74) is -0.139. The SMILES string of the molecule is C[C@H]1CN(C2COC2)CCN1c1ncc(Nc2nc(Br)cn(C)c2=O)cc1[N+](=O)[O-]. The van der Waals surface area contributed by atoms with Crippen LogP contribution in [0, 0.1) is 10.1 Å². The highest BCUT2D eigenvalue weighted by Gasteiger charge is 2.35. The third-order valence-electron chi connectivity index (χ3n) is 5.42. The fraction of sp³-hybridized carbons (Fsp3) is 0.500. The molecular formula is C18H22BrN7O4. The summed E-state index contributed by atoms with van der Waals surface area (Å²) in [6.07, 6.45) is 3.03. The quantitative estimate of drug-likeness (QED) is 0.502. The number of aryl methyl sites for hydroxylation is 1. The molecule has 2 aliphatic rings. The highest BCUT2D eigenvalue weighted by Crippen LogP contribution is 2.32. The highest BCUT2D eigenvalue weighted by molar-refractivity contribution is 9.10. The van der Waals surface area contributed by atoms with E-state index in [1.807, 2.05) is 11.8 Å². The van der Waals surface area contributed by atoms with Crippen LogP contribution in [0.25, 0.3) is 0 Å². The third kappa shape index (κ3) is 4.02. The topological polar surface area (TPSA) is 119 Å². The number of pyridine rings is 1. The Balaban J connectivity index is 1.58. The Morgan fingerprint density at radius 2 is 2.13 bits per heavy atom. The smallest absolute Gasteiger partial charge is 0.313 e. The average molecular weight is 480 g/mol. The zero-order chi connectivity index (χ0) is 21.4. The zero-order valence-electron chi connectivity index (χ0n) is 16.6. The monoisotopic (exact) mass is 479 g/mol. The van der Waals surface area contributed by atoms with Gasteiger partial charge in [-0.15, -0.1) is 0 Å². The van der Waals surface area contributed by atoms with E-state index in [4.69, 9.17) is 4.74 Å². The fourth-order valence-electron chi connectivity index (χ4n) is 3.72. The van der Waals surface area contributed by atoms with Crippen molar-refractivity contribution in [1.29, 1.82) is 0 Å². The van der Waals surface area contributed by atoms with Crippen LogP contribution in [0.1, 0.15) is 6.92 Å². The van der Waals surface area contributed by atoms with Crippen molar-refractivity contribution in [2.75, 3.05) is 43.1 Å². The molecule has 0 bridgehead atoms. The van der Waals surface area contributed by atoms with Gasteiger partial charge in [-0.05, 0) is 22.9 Å². The maximum absolute atomic E-state index is 12.3. The van der Waals surface area contributed by atoms with Gasteiger partial charge in [-0.25, -0.2) is 9.97 Å². The van der Waals surface area contributed by atoms with Crippen LogP contribution in [0.2, 0.25) is 0 Å². The van der Waals surface area contributed by atoms with Crippen LogP contribution < -0.4 is 15.8 Å². The summed E-state index contributed by atoms with van der Waals surface area (Å²) in [5.74, 6) is 0.387. The van der Waals surface area contributed by atoms with Gasteiger partial charge in [0.25, 0.3) is 5.56 Å². The summed E-state index contributed by atoms with van der Waals surface area (Å²) in [7, 11) is 1.60. The van der Waals surface area contributed by atoms with E-state index in [1.165, 1.54) is 23.0 Å². The number of aromatic nitrogens is 3. The van der Waals surface area contributed by atoms with Crippen LogP contribution in [0.4, 0.5) is 23.0 Å². The molecule has 4 rings (SSSR count). The predicted molar refractivity (Wildman–Crippen MR) is 114 cm³/mol. The van der Waals surface area contributed by atoms with E-state index in [-0.39, 0.29) is 23.1 Å². The molecular weight excluding hydrogens is 458 g/mol. The second-order valence-electron chi connectivity index (χ2n) is 7.51. The molecule has 2 saturated heterocycles. The van der Waals surface area contributed by atoms with Gasteiger partial charge in [0.15, 0.2) is 5.82 Å². The molecule has 160 valence electrons. The van der Waals surface area contributed by atoms with E-state index in [0.717, 1.165) is 26.3 Å². The molecule has 1 N–H and O–H groups in total. The van der Waals surface area contributed by atoms with Crippen molar-refractivity contribution >= 4 is 38.9 Å². The largest absolute Gasteiger partial charge is 0.378 e. The first-order valence-electron chi connectivity index (χ1n) is 9.56. The van der Waals surface area contributed by atoms with E-state index in [2.05, 4.69) is 36.1 Å². The van der Waals surface area contributed by atoms with Crippen molar-refractivity contribution in [3.05, 3.63) is 43.5 Å². The van der Waals surface area contributed by atoms with Crippen molar-refractivity contribution in [1.82, 2.24) is 19.4 Å². The minimum atomic E-state index is -0.446. The van der Waals surface area contributed by atoms with Crippen molar-refractivity contribution in [2.45, 2.75) is 19.0 Å². The van der Waals surface area contributed by atoms with E-state index in [0.29, 0.717) is 28.7 Å². The molecule has 0 aromatic carbocycles. The molecule has 2 aliphatic heterocycles. The van der Waals surface area contributed by atoms with Crippen molar-refractivity contribution in [3.63, 3.8) is 0 Å². The van der Waals surface area contributed by atoms with Gasteiger partial charge in [-0.3, -0.25) is 19.8 Å². The molecule has 0 spiro atoms. The summed E-state index contributed by atoms with van der Waals surface area (Å²) < 4.78 is 7.11. The molecule has 11 nitrogen and oxygen atoms in total. The molecule has 0 amide bonds. The number of piperazine rings is 1. The lowest BCUT2D eigenvalue weighted by Gasteiger charge is -2.45. The Kier molecular flexibility index (Phi) is 5.71. The zero-order valence-corrected chi connectivity index (χ0v) is 18.2. The maximum Gasteiger partial charge on any atom is 0.313 e. The van der Waals surface area contributed by atoms with E-state index in [9.17, 15) is 14.9 Å². The second-order valence-corrected chi connectivity index (χ2v) is 8.32. The summed E-state index contributed by atoms with van der Waals surface area (Å²) in [6, 6.07) is 1.90. The van der Waals surface area contributed by atoms with Gasteiger partial charge in [0.2, 0.25) is 5.82 Å². The molecule has 12 heteroatoms. The van der Waals surface area contributed by atoms with Gasteiger partial charge < -0.3 is 19.5 Å². The molecule has 1 atom stereocenters. The minimum Gasteiger partial charge on any atom is -0.378 e. The van der Waals surface area contributed by atoms with E-state index in [1.54, 1.807) is 7.05 Å². The van der Waals surface area contributed by atoms with Crippen molar-refractivity contribution in [2.24, 2.45) is 7.05 Å². The Morgan fingerprint density at radius 3 is 2.77 bits per heavy atom. The first-order chi connectivity index (χ1) is 14.3. The summed E-state index contributed by atoms with van der Waals surface area (Å²) >= 11 is 3.24. The number of hydrogen-bond acceptors (Lipinski definition) is 9. The second kappa shape index (κ2) is 8.28. The van der Waals surface area contributed by atoms with Crippen LogP contribution in [0.15, 0.2) is 27.9 Å². The molecule has 2 fully saturated rings. The predicted octanol–water partition coefficient (Wildman–Crippen LogP) is 1.50. The normalized spacial score (nSPS) is 20.1. The van der Waals surface area contributed by atoms with Gasteiger partial charge in [-0.2, -0.15) is 0 Å². The van der Waals surface area contributed by atoms with Crippen LogP contribution >= 0.6 is 15.9 Å². The molecule has 0 radical (unpaired) electrons. The Bertz CT molecular complexity index is 1030. The van der Waals surface area contributed by atoms with Crippen molar-refractivity contribution in [3.8, 4) is 0 Å².